The molecule has 2 aromatic heterocycles. The highest BCUT2D eigenvalue weighted by molar-refractivity contribution is 9.11. The fourth-order valence-electron chi connectivity index (χ4n) is 2.24. The molecule has 0 bridgehead atoms. The molecule has 26 heavy (non-hydrogen) atoms. The van der Waals surface area contributed by atoms with Crippen LogP contribution in [0, 0.1) is 6.92 Å². The second-order valence-electron chi connectivity index (χ2n) is 5.37. The average Bonchev–Trinajstić information content (AvgIpc) is 3.00. The van der Waals surface area contributed by atoms with E-state index in [1.54, 1.807) is 24.5 Å². The van der Waals surface area contributed by atoms with Gasteiger partial charge in [0.1, 0.15) is 23.1 Å². The molecule has 0 unspecified atom stereocenters. The van der Waals surface area contributed by atoms with Gasteiger partial charge in [0.25, 0.3) is 0 Å². The standard InChI is InChI=1S/C18H15BrN2O4S/c1-11-7-13(4-5-14(11)25-10-16(22)23)24-9-15-21-17(18(19)26-15)12-3-2-6-20-8-12/h2-8H,9-10H2,1H3,(H,22,23). The molecule has 0 atom stereocenters. The van der Waals surface area contributed by atoms with Gasteiger partial charge in [-0.25, -0.2) is 9.78 Å². The van der Waals surface area contributed by atoms with Gasteiger partial charge in [0.15, 0.2) is 6.61 Å². The lowest BCUT2D eigenvalue weighted by molar-refractivity contribution is -0.139. The van der Waals surface area contributed by atoms with Gasteiger partial charge < -0.3 is 14.6 Å². The Balaban J connectivity index is 1.66. The van der Waals surface area contributed by atoms with Crippen molar-refractivity contribution in [2.24, 2.45) is 0 Å². The Bertz CT molecular complexity index is 915. The second-order valence-corrected chi connectivity index (χ2v) is 7.77. The minimum atomic E-state index is -1.01. The number of hydrogen-bond acceptors (Lipinski definition) is 6. The largest absolute Gasteiger partial charge is 0.486 e. The van der Waals surface area contributed by atoms with Gasteiger partial charge in [-0.15, -0.1) is 11.3 Å². The number of nitrogens with zero attached hydrogens (tertiary/aromatic N) is 2. The van der Waals surface area contributed by atoms with E-state index in [2.05, 4.69) is 25.9 Å². The molecule has 3 rings (SSSR count). The minimum Gasteiger partial charge on any atom is -0.486 e. The van der Waals surface area contributed by atoms with Crippen LogP contribution < -0.4 is 9.47 Å². The number of aromatic nitrogens is 2. The molecule has 0 amide bonds. The van der Waals surface area contributed by atoms with Crippen molar-refractivity contribution in [1.82, 2.24) is 9.97 Å². The highest BCUT2D eigenvalue weighted by atomic mass is 79.9. The van der Waals surface area contributed by atoms with Gasteiger partial charge in [0, 0.05) is 18.0 Å². The molecule has 0 aliphatic rings. The number of halogens is 1. The summed E-state index contributed by atoms with van der Waals surface area (Å²) in [5, 5.41) is 9.51. The highest BCUT2D eigenvalue weighted by Gasteiger charge is 2.12. The van der Waals surface area contributed by atoms with Crippen LogP contribution in [0.15, 0.2) is 46.5 Å². The summed E-state index contributed by atoms with van der Waals surface area (Å²) in [7, 11) is 0. The lowest BCUT2D eigenvalue weighted by atomic mass is 10.2. The van der Waals surface area contributed by atoms with Crippen molar-refractivity contribution < 1.29 is 19.4 Å². The third-order valence-electron chi connectivity index (χ3n) is 3.42. The number of hydrogen-bond donors (Lipinski definition) is 1. The van der Waals surface area contributed by atoms with Crippen molar-refractivity contribution in [3.05, 3.63) is 57.1 Å². The zero-order chi connectivity index (χ0) is 18.5. The van der Waals surface area contributed by atoms with E-state index in [4.69, 9.17) is 14.6 Å². The number of rotatable bonds is 7. The lowest BCUT2D eigenvalue weighted by Crippen LogP contribution is -2.10. The molecular formula is C18H15BrN2O4S. The molecule has 0 saturated carbocycles. The van der Waals surface area contributed by atoms with Crippen molar-refractivity contribution >= 4 is 33.2 Å². The van der Waals surface area contributed by atoms with Crippen molar-refractivity contribution in [2.45, 2.75) is 13.5 Å². The van der Waals surface area contributed by atoms with Gasteiger partial charge in [-0.05, 0) is 58.7 Å². The van der Waals surface area contributed by atoms with E-state index in [0.717, 1.165) is 25.6 Å². The molecule has 0 aliphatic carbocycles. The first-order chi connectivity index (χ1) is 12.5. The number of pyridine rings is 1. The van der Waals surface area contributed by atoms with Crippen molar-refractivity contribution in [3.8, 4) is 22.8 Å². The van der Waals surface area contributed by atoms with E-state index < -0.39 is 5.97 Å². The quantitative estimate of drug-likeness (QED) is 0.596. The van der Waals surface area contributed by atoms with Crippen molar-refractivity contribution in [3.63, 3.8) is 0 Å². The molecule has 1 aromatic carbocycles. The Kier molecular flexibility index (Phi) is 5.85. The van der Waals surface area contributed by atoms with Gasteiger partial charge in [-0.3, -0.25) is 4.98 Å². The van der Waals surface area contributed by atoms with Gasteiger partial charge in [0.05, 0.1) is 9.48 Å². The fourth-order valence-corrected chi connectivity index (χ4v) is 3.84. The summed E-state index contributed by atoms with van der Waals surface area (Å²) < 4.78 is 11.9. The zero-order valence-electron chi connectivity index (χ0n) is 13.8. The average molecular weight is 435 g/mol. The first-order valence-corrected chi connectivity index (χ1v) is 9.27. The van der Waals surface area contributed by atoms with Crippen LogP contribution in [-0.4, -0.2) is 27.7 Å². The molecule has 0 saturated heterocycles. The Morgan fingerprint density at radius 3 is 2.85 bits per heavy atom. The van der Waals surface area contributed by atoms with Gasteiger partial charge in [-0.1, -0.05) is 0 Å². The van der Waals surface area contributed by atoms with E-state index in [0.29, 0.717) is 18.1 Å². The summed E-state index contributed by atoms with van der Waals surface area (Å²) in [6, 6.07) is 9.08. The van der Waals surface area contributed by atoms with E-state index in [9.17, 15) is 4.79 Å². The maximum atomic E-state index is 10.6. The minimum absolute atomic E-state index is 0.332. The van der Waals surface area contributed by atoms with Crippen LogP contribution in [0.25, 0.3) is 11.3 Å². The zero-order valence-corrected chi connectivity index (χ0v) is 16.2. The summed E-state index contributed by atoms with van der Waals surface area (Å²) in [5.41, 5.74) is 2.59. The highest BCUT2D eigenvalue weighted by Crippen LogP contribution is 2.33. The van der Waals surface area contributed by atoms with Crippen LogP contribution in [0.5, 0.6) is 11.5 Å². The monoisotopic (exact) mass is 434 g/mol. The number of aliphatic carboxylic acids is 1. The van der Waals surface area contributed by atoms with E-state index in [-0.39, 0.29) is 6.61 Å². The third kappa shape index (κ3) is 4.59. The van der Waals surface area contributed by atoms with Crippen LogP contribution in [-0.2, 0) is 11.4 Å². The third-order valence-corrected chi connectivity index (χ3v) is 5.10. The lowest BCUT2D eigenvalue weighted by Gasteiger charge is -2.09. The first-order valence-electron chi connectivity index (χ1n) is 7.66. The molecule has 1 N–H and O–H groups in total. The molecule has 0 aliphatic heterocycles. The van der Waals surface area contributed by atoms with E-state index in [1.807, 2.05) is 25.1 Å². The predicted octanol–water partition coefficient (Wildman–Crippen LogP) is 4.32. The summed E-state index contributed by atoms with van der Waals surface area (Å²) in [5.74, 6) is 0.179. The van der Waals surface area contributed by atoms with Crippen LogP contribution in [0.1, 0.15) is 10.6 Å². The smallest absolute Gasteiger partial charge is 0.341 e. The summed E-state index contributed by atoms with van der Waals surface area (Å²) in [4.78, 5) is 19.3. The van der Waals surface area contributed by atoms with Crippen LogP contribution in [0.4, 0.5) is 0 Å². The van der Waals surface area contributed by atoms with Crippen molar-refractivity contribution in [2.75, 3.05) is 6.61 Å². The Labute approximate surface area is 162 Å². The number of thiazole rings is 1. The van der Waals surface area contributed by atoms with Crippen LogP contribution >= 0.6 is 27.3 Å². The topological polar surface area (TPSA) is 81.5 Å². The molecule has 0 fully saturated rings. The Morgan fingerprint density at radius 2 is 2.15 bits per heavy atom. The maximum Gasteiger partial charge on any atom is 0.341 e. The number of aryl methyl sites for hydroxylation is 1. The number of benzene rings is 1. The van der Waals surface area contributed by atoms with Crippen LogP contribution in [0.2, 0.25) is 0 Å². The first kappa shape index (κ1) is 18.3. The second kappa shape index (κ2) is 8.29. The predicted molar refractivity (Wildman–Crippen MR) is 102 cm³/mol. The van der Waals surface area contributed by atoms with Gasteiger partial charge in [-0.2, -0.15) is 0 Å². The molecular weight excluding hydrogens is 420 g/mol. The van der Waals surface area contributed by atoms with E-state index >= 15 is 0 Å². The number of carboxylic acid groups (broad SMARTS) is 1. The number of carboxylic acids is 1. The molecule has 134 valence electrons. The van der Waals surface area contributed by atoms with Crippen LogP contribution in [0.3, 0.4) is 0 Å². The molecule has 3 aromatic rings. The summed E-state index contributed by atoms with van der Waals surface area (Å²) in [6.07, 6.45) is 3.49. The number of ether oxygens (including phenoxy) is 2. The normalized spacial score (nSPS) is 10.5. The maximum absolute atomic E-state index is 10.6. The summed E-state index contributed by atoms with van der Waals surface area (Å²) in [6.45, 7) is 1.80. The molecule has 0 radical (unpaired) electrons. The molecule has 2 heterocycles. The Hall–Kier alpha value is -2.45. The molecule has 8 heteroatoms. The molecule has 0 spiro atoms. The SMILES string of the molecule is Cc1cc(OCc2nc(-c3cccnc3)c(Br)s2)ccc1OCC(=O)O. The fraction of sp³-hybridized carbons (Fsp3) is 0.167. The van der Waals surface area contributed by atoms with Gasteiger partial charge >= 0.3 is 5.97 Å². The summed E-state index contributed by atoms with van der Waals surface area (Å²) >= 11 is 5.05. The molecule has 6 nitrogen and oxygen atoms in total. The van der Waals surface area contributed by atoms with E-state index in [1.165, 1.54) is 11.3 Å². The Morgan fingerprint density at radius 1 is 1.31 bits per heavy atom. The number of carbonyl (C=O) groups is 1. The van der Waals surface area contributed by atoms with Crippen molar-refractivity contribution in [1.29, 1.82) is 0 Å². The van der Waals surface area contributed by atoms with Gasteiger partial charge in [0.2, 0.25) is 0 Å².